The maximum absolute atomic E-state index is 10.1. The smallest absolute Gasteiger partial charge is 0.321 e. The van der Waals surface area contributed by atoms with E-state index in [1.54, 1.807) is 27.7 Å². The summed E-state index contributed by atoms with van der Waals surface area (Å²) in [7, 11) is 0. The third kappa shape index (κ3) is 48.7. The monoisotopic (exact) mass is 875 g/mol. The maximum Gasteiger partial charge on any atom is 0.321 e. The van der Waals surface area contributed by atoms with Gasteiger partial charge in [0.2, 0.25) is 5.91 Å². The van der Waals surface area contributed by atoms with E-state index >= 15 is 0 Å². The van der Waals surface area contributed by atoms with Crippen molar-refractivity contribution in [2.45, 2.75) is 96.2 Å². The molecule has 1 heterocycles. The second-order valence-electron chi connectivity index (χ2n) is 11.2. The number of nitrogens with two attached hydrogens (primary N) is 7. The summed E-state index contributed by atoms with van der Waals surface area (Å²) in [4.78, 5) is 79.2. The Morgan fingerprint density at radius 3 is 0.944 bits per heavy atom. The van der Waals surface area contributed by atoms with Gasteiger partial charge in [-0.3, -0.25) is 38.4 Å². The maximum atomic E-state index is 10.1. The summed E-state index contributed by atoms with van der Waals surface area (Å²) in [5.41, 5.74) is 34.6. The van der Waals surface area contributed by atoms with Gasteiger partial charge in [0.1, 0.15) is 42.3 Å². The fourth-order valence-corrected chi connectivity index (χ4v) is 2.24. The zero-order chi connectivity index (χ0) is 43.8. The van der Waals surface area contributed by atoms with Crippen LogP contribution in [0.25, 0.3) is 0 Å². The molecule has 0 aromatic rings. The molecule has 54 heavy (non-hydrogen) atoms. The fraction of sp³-hybridized carbons (Fsp3) is 0.714. The van der Waals surface area contributed by atoms with E-state index in [0.29, 0.717) is 0 Å². The number of carbonyl (C=O) groups excluding carboxylic acids is 1. The SMILES string of the molecule is CC(C)[C@H](N)C(=O)O.CC(C)[C@H](N)C(=O)O.C[C@H](N)C(=O)O.NC(=O)C[C@H](N)C(=O)O.N[C@@H](CS)C(=O)O.N[C@@H](CS)C(=O)O.O=C(O)[C@@H]1CCCN1.[Cu]. The van der Waals surface area contributed by atoms with E-state index in [1.165, 1.54) is 6.92 Å². The standard InChI is InChI=1S/C5H9NO2.2C5H11NO2.C4H8N2O3.2C3H7NO2S.C3H7NO2.Cu/c7-5(8)4-2-1-3-6-4;2*1-3(2)4(6)5(7)8;5-2(4(8)9)1-3(6)7;2*4-2(1-7)3(5)6;1-2(4)3(5)6;/h4,6H,1-3H2,(H,7,8);2*3-4H,6H2,1-2H3,(H,7,8);2H,1,5H2,(H2,6,7)(H,8,9);2*2,7H,1,4H2,(H,5,6);2H,4H2,1H3,(H,5,6);/t3*4-;4*2-;/m0000000./s1. The number of hydrogen-bond donors (Lipinski definition) is 17. The van der Waals surface area contributed by atoms with E-state index in [4.69, 9.17) is 70.1 Å². The number of amides is 1. The molecule has 1 amide bonds. The Balaban J connectivity index is -0.0000000955. The van der Waals surface area contributed by atoms with E-state index in [9.17, 15) is 38.4 Å². The zero-order valence-electron chi connectivity index (χ0n) is 30.6. The molecule has 1 aliphatic rings. The summed E-state index contributed by atoms with van der Waals surface area (Å²) in [6, 6.07) is -5.22. The first kappa shape index (κ1) is 65.6. The molecule has 7 atom stereocenters. The molecule has 0 aromatic carbocycles. The first-order valence-corrected chi connectivity index (χ1v) is 16.6. The summed E-state index contributed by atoms with van der Waals surface area (Å²) in [6.45, 7) is 9.38. The van der Waals surface area contributed by atoms with Gasteiger partial charge in [0, 0.05) is 28.6 Å². The van der Waals surface area contributed by atoms with Gasteiger partial charge in [0.05, 0.1) is 6.42 Å². The summed E-state index contributed by atoms with van der Waals surface area (Å²) in [5.74, 6) is -7.05. The van der Waals surface area contributed by atoms with Crippen LogP contribution in [0.5, 0.6) is 0 Å². The summed E-state index contributed by atoms with van der Waals surface area (Å²) >= 11 is 7.30. The molecule has 0 saturated carbocycles. The van der Waals surface area contributed by atoms with Crippen LogP contribution >= 0.6 is 25.3 Å². The van der Waals surface area contributed by atoms with Gasteiger partial charge in [-0.2, -0.15) is 25.3 Å². The number of thiol groups is 2. The molecule has 26 heteroatoms. The van der Waals surface area contributed by atoms with Crippen LogP contribution in [0.2, 0.25) is 0 Å². The molecular formula is C28H60CuN8O15S2. The molecule has 1 rings (SSSR count). The molecule has 0 aromatic heterocycles. The summed E-state index contributed by atoms with van der Waals surface area (Å²) in [6.07, 6.45) is 1.47. The van der Waals surface area contributed by atoms with E-state index in [0.717, 1.165) is 19.4 Å². The van der Waals surface area contributed by atoms with Gasteiger partial charge < -0.3 is 81.2 Å². The van der Waals surface area contributed by atoms with E-state index in [-0.39, 0.29) is 52.9 Å². The Labute approximate surface area is 334 Å². The number of carbonyl (C=O) groups is 8. The van der Waals surface area contributed by atoms with Crippen molar-refractivity contribution in [1.29, 1.82) is 0 Å². The van der Waals surface area contributed by atoms with Crippen molar-refractivity contribution in [1.82, 2.24) is 5.32 Å². The number of rotatable bonds is 13. The Morgan fingerprint density at radius 2 is 0.889 bits per heavy atom. The molecule has 1 saturated heterocycles. The minimum Gasteiger partial charge on any atom is -0.480 e. The molecule has 1 fully saturated rings. The molecule has 0 aliphatic carbocycles. The van der Waals surface area contributed by atoms with Crippen molar-refractivity contribution in [3.8, 4) is 0 Å². The van der Waals surface area contributed by atoms with Gasteiger partial charge in [-0.15, -0.1) is 0 Å². The van der Waals surface area contributed by atoms with Gasteiger partial charge in [-0.05, 0) is 38.1 Å². The molecule has 22 N–H and O–H groups in total. The largest absolute Gasteiger partial charge is 0.480 e. The van der Waals surface area contributed by atoms with Crippen LogP contribution in [0.4, 0.5) is 0 Å². The van der Waals surface area contributed by atoms with Crippen LogP contribution in [0, 0.1) is 11.8 Å². The van der Waals surface area contributed by atoms with Crippen LogP contribution < -0.4 is 45.5 Å². The summed E-state index contributed by atoms with van der Waals surface area (Å²) < 4.78 is 0. The van der Waals surface area contributed by atoms with Crippen LogP contribution in [0.1, 0.15) is 53.9 Å². The third-order valence-electron chi connectivity index (χ3n) is 5.52. The molecule has 0 spiro atoms. The number of aliphatic carboxylic acids is 7. The van der Waals surface area contributed by atoms with Gasteiger partial charge in [0.15, 0.2) is 0 Å². The van der Waals surface area contributed by atoms with Crippen LogP contribution in [-0.2, 0) is 55.4 Å². The van der Waals surface area contributed by atoms with E-state index in [2.05, 4.69) is 36.3 Å². The van der Waals surface area contributed by atoms with Crippen molar-refractivity contribution in [3.63, 3.8) is 0 Å². The zero-order valence-corrected chi connectivity index (χ0v) is 33.3. The summed E-state index contributed by atoms with van der Waals surface area (Å²) in [5, 5.41) is 59.6. The normalized spacial score (nSPS) is 15.4. The number of carboxylic acid groups (broad SMARTS) is 7. The average Bonchev–Trinajstić information content (AvgIpc) is 3.60. The van der Waals surface area contributed by atoms with Gasteiger partial charge in [-0.1, -0.05) is 27.7 Å². The third-order valence-corrected chi connectivity index (χ3v) is 6.31. The van der Waals surface area contributed by atoms with Gasteiger partial charge >= 0.3 is 41.8 Å². The number of nitrogens with one attached hydrogen (secondary N) is 1. The number of hydrogen-bond acceptors (Lipinski definition) is 17. The van der Waals surface area contributed by atoms with Gasteiger partial charge in [-0.25, -0.2) is 0 Å². The Bertz CT molecular complexity index is 1030. The average molecular weight is 877 g/mol. The van der Waals surface area contributed by atoms with Gasteiger partial charge in [0.25, 0.3) is 0 Å². The number of carboxylic acids is 7. The first-order valence-electron chi connectivity index (χ1n) is 15.3. The first-order chi connectivity index (χ1) is 24.0. The minimum atomic E-state index is -1.21. The van der Waals surface area contributed by atoms with E-state index < -0.39 is 83.9 Å². The van der Waals surface area contributed by atoms with Crippen molar-refractivity contribution in [2.24, 2.45) is 52.0 Å². The molecular weight excluding hydrogens is 816 g/mol. The second kappa shape index (κ2) is 39.4. The predicted molar refractivity (Wildman–Crippen MR) is 199 cm³/mol. The molecule has 0 unspecified atom stereocenters. The van der Waals surface area contributed by atoms with Crippen LogP contribution in [0.15, 0.2) is 0 Å². The topological polar surface area (TPSA) is 472 Å². The Kier molecular flexibility index (Phi) is 47.8. The van der Waals surface area contributed by atoms with Crippen molar-refractivity contribution in [2.75, 3.05) is 18.1 Å². The Hall–Kier alpha value is -3.30. The predicted octanol–water partition coefficient (Wildman–Crippen LogP) is -3.72. The fourth-order valence-electron chi connectivity index (χ4n) is 1.93. The molecule has 1 aliphatic heterocycles. The molecule has 1 radical (unpaired) electrons. The van der Waals surface area contributed by atoms with Crippen LogP contribution in [0.3, 0.4) is 0 Å². The van der Waals surface area contributed by atoms with Crippen molar-refractivity contribution >= 4 is 72.9 Å². The molecule has 0 bridgehead atoms. The minimum absolute atomic E-state index is 0. The Morgan fingerprint density at radius 1 is 0.593 bits per heavy atom. The van der Waals surface area contributed by atoms with Crippen molar-refractivity contribution < 1.29 is 91.2 Å². The van der Waals surface area contributed by atoms with E-state index in [1.807, 2.05) is 0 Å². The quantitative estimate of drug-likeness (QED) is 0.0625. The van der Waals surface area contributed by atoms with Crippen LogP contribution in [-0.4, -0.2) is 144 Å². The molecule has 325 valence electrons. The van der Waals surface area contributed by atoms with Crippen molar-refractivity contribution in [3.05, 3.63) is 0 Å². The molecule has 23 nitrogen and oxygen atoms in total. The number of primary amides is 1. The second-order valence-corrected chi connectivity index (χ2v) is 11.9.